The molecule has 0 N–H and O–H groups in total. The zero-order chi connectivity index (χ0) is 53.6. The number of allylic oxidation sites excluding steroid dienone is 6. The van der Waals surface area contributed by atoms with E-state index in [9.17, 15) is 14.4 Å². The molecular formula is C68H126O6. The van der Waals surface area contributed by atoms with Crippen molar-refractivity contribution in [1.82, 2.24) is 0 Å². The summed E-state index contributed by atoms with van der Waals surface area (Å²) in [6.07, 6.45) is 77.5. The van der Waals surface area contributed by atoms with E-state index in [1.54, 1.807) is 0 Å². The van der Waals surface area contributed by atoms with E-state index in [4.69, 9.17) is 14.2 Å². The Morgan fingerprint density at radius 1 is 0.270 bits per heavy atom. The second-order valence-corrected chi connectivity index (χ2v) is 22.4. The second kappa shape index (κ2) is 63.2. The third-order valence-corrected chi connectivity index (χ3v) is 14.9. The van der Waals surface area contributed by atoms with E-state index >= 15 is 0 Å². The maximum absolute atomic E-state index is 12.8. The number of rotatable bonds is 61. The van der Waals surface area contributed by atoms with Crippen LogP contribution in [0.4, 0.5) is 0 Å². The molecule has 6 nitrogen and oxygen atoms in total. The number of hydrogen-bond donors (Lipinski definition) is 0. The number of ether oxygens (including phenoxy) is 3. The maximum Gasteiger partial charge on any atom is 0.306 e. The zero-order valence-corrected chi connectivity index (χ0v) is 49.9. The summed E-state index contributed by atoms with van der Waals surface area (Å²) < 4.78 is 16.9. The highest BCUT2D eigenvalue weighted by Gasteiger charge is 2.19. The Hall–Kier alpha value is -2.37. The van der Waals surface area contributed by atoms with Gasteiger partial charge in [0.15, 0.2) is 6.10 Å². The molecule has 0 saturated carbocycles. The van der Waals surface area contributed by atoms with Gasteiger partial charge in [-0.1, -0.05) is 301 Å². The lowest BCUT2D eigenvalue weighted by Gasteiger charge is -2.18. The van der Waals surface area contributed by atoms with Crippen LogP contribution in [-0.4, -0.2) is 37.2 Å². The number of hydrogen-bond acceptors (Lipinski definition) is 6. The van der Waals surface area contributed by atoms with Crippen LogP contribution in [0.2, 0.25) is 0 Å². The first-order valence-electron chi connectivity index (χ1n) is 33.0. The minimum absolute atomic E-state index is 0.0691. The van der Waals surface area contributed by atoms with Gasteiger partial charge in [0.1, 0.15) is 13.2 Å². The summed E-state index contributed by atoms with van der Waals surface area (Å²) in [5, 5.41) is 0. The van der Waals surface area contributed by atoms with Gasteiger partial charge in [0.25, 0.3) is 0 Å². The lowest BCUT2D eigenvalue weighted by molar-refractivity contribution is -0.167. The van der Waals surface area contributed by atoms with E-state index in [0.717, 1.165) is 70.6 Å². The van der Waals surface area contributed by atoms with Crippen molar-refractivity contribution in [2.75, 3.05) is 13.2 Å². The van der Waals surface area contributed by atoms with Crippen LogP contribution >= 0.6 is 0 Å². The largest absolute Gasteiger partial charge is 0.462 e. The van der Waals surface area contributed by atoms with Crippen molar-refractivity contribution in [2.45, 2.75) is 367 Å². The van der Waals surface area contributed by atoms with Gasteiger partial charge in [-0.3, -0.25) is 14.4 Å². The number of carbonyl (C=O) groups excluding carboxylic acids is 3. The van der Waals surface area contributed by atoms with E-state index in [-0.39, 0.29) is 31.1 Å². The fourth-order valence-electron chi connectivity index (χ4n) is 9.88. The Morgan fingerprint density at radius 2 is 0.486 bits per heavy atom. The summed E-state index contributed by atoms with van der Waals surface area (Å²) >= 11 is 0. The highest BCUT2D eigenvalue weighted by molar-refractivity contribution is 5.71. The molecule has 0 aromatic heterocycles. The molecule has 1 atom stereocenters. The van der Waals surface area contributed by atoms with Crippen molar-refractivity contribution in [3.63, 3.8) is 0 Å². The van der Waals surface area contributed by atoms with Gasteiger partial charge in [0.05, 0.1) is 0 Å². The molecule has 0 aliphatic carbocycles. The average molecular weight is 1040 g/mol. The van der Waals surface area contributed by atoms with Gasteiger partial charge in [-0.05, 0) is 77.0 Å². The molecule has 0 heterocycles. The summed E-state index contributed by atoms with van der Waals surface area (Å²) in [4.78, 5) is 38.2. The van der Waals surface area contributed by atoms with Gasteiger partial charge in [0.2, 0.25) is 0 Å². The van der Waals surface area contributed by atoms with Gasteiger partial charge in [-0.25, -0.2) is 0 Å². The standard InChI is InChI=1S/C68H126O6/c1-4-7-10-13-16-19-22-25-26-27-28-29-30-31-32-33-34-35-36-37-38-39-40-41-42-44-46-49-52-55-58-61-67(70)73-64-65(63-72-66(69)60-57-54-51-48-45-24-21-18-15-12-9-6-3)74-68(71)62-59-56-53-50-47-43-23-20-17-14-11-8-5-2/h18,21-22,25,27-28,65H,4-17,19-20,23-24,26,29-64H2,1-3H3/b21-18-,25-22-,28-27-. The smallest absolute Gasteiger partial charge is 0.306 e. The molecule has 0 spiro atoms. The van der Waals surface area contributed by atoms with Crippen molar-refractivity contribution in [3.8, 4) is 0 Å². The predicted molar refractivity (Wildman–Crippen MR) is 321 cm³/mol. The SMILES string of the molecule is CCCCC/C=C\CCCCCCCC(=O)OCC(COC(=O)CCCCCCCCCCCCCCCCCCCCC/C=C\C/C=C\CCCCCCC)OC(=O)CCCCCCCCCCCCCCC. The molecule has 434 valence electrons. The normalized spacial score (nSPS) is 12.2. The monoisotopic (exact) mass is 1040 g/mol. The average Bonchev–Trinajstić information content (AvgIpc) is 3.40. The minimum atomic E-state index is -0.770. The molecule has 0 aromatic rings. The molecule has 0 fully saturated rings. The van der Waals surface area contributed by atoms with E-state index < -0.39 is 6.10 Å². The van der Waals surface area contributed by atoms with Crippen molar-refractivity contribution in [3.05, 3.63) is 36.5 Å². The van der Waals surface area contributed by atoms with Crippen molar-refractivity contribution < 1.29 is 28.6 Å². The van der Waals surface area contributed by atoms with Gasteiger partial charge in [0, 0.05) is 19.3 Å². The predicted octanol–water partition coefficient (Wildman–Crippen LogP) is 22.4. The Labute approximate surface area is 461 Å². The van der Waals surface area contributed by atoms with Crippen molar-refractivity contribution in [1.29, 1.82) is 0 Å². The second-order valence-electron chi connectivity index (χ2n) is 22.4. The van der Waals surface area contributed by atoms with Gasteiger partial charge >= 0.3 is 17.9 Å². The minimum Gasteiger partial charge on any atom is -0.462 e. The van der Waals surface area contributed by atoms with Crippen LogP contribution in [0, 0.1) is 0 Å². The molecule has 0 aliphatic heterocycles. The van der Waals surface area contributed by atoms with Gasteiger partial charge in [-0.15, -0.1) is 0 Å². The third kappa shape index (κ3) is 60.5. The summed E-state index contributed by atoms with van der Waals surface area (Å²) in [7, 11) is 0. The van der Waals surface area contributed by atoms with Gasteiger partial charge in [-0.2, -0.15) is 0 Å². The Kier molecular flexibility index (Phi) is 61.1. The molecule has 0 amide bonds. The quantitative estimate of drug-likeness (QED) is 0.0261. The zero-order valence-electron chi connectivity index (χ0n) is 49.9. The van der Waals surface area contributed by atoms with E-state index in [1.165, 1.54) is 250 Å². The molecule has 0 bridgehead atoms. The summed E-state index contributed by atoms with van der Waals surface area (Å²) in [5.41, 5.74) is 0. The molecule has 0 aromatic carbocycles. The highest BCUT2D eigenvalue weighted by Crippen LogP contribution is 2.18. The molecule has 74 heavy (non-hydrogen) atoms. The fourth-order valence-corrected chi connectivity index (χ4v) is 9.88. The topological polar surface area (TPSA) is 78.9 Å². The fraction of sp³-hybridized carbons (Fsp3) is 0.868. The maximum atomic E-state index is 12.8. The Morgan fingerprint density at radius 3 is 0.784 bits per heavy atom. The first-order valence-corrected chi connectivity index (χ1v) is 33.0. The summed E-state index contributed by atoms with van der Waals surface area (Å²) in [5.74, 6) is -0.856. The summed E-state index contributed by atoms with van der Waals surface area (Å²) in [6.45, 7) is 6.65. The number of esters is 3. The molecular weight excluding hydrogens is 913 g/mol. The highest BCUT2D eigenvalue weighted by atomic mass is 16.6. The van der Waals surface area contributed by atoms with Crippen LogP contribution < -0.4 is 0 Å². The van der Waals surface area contributed by atoms with Crippen molar-refractivity contribution >= 4 is 17.9 Å². The van der Waals surface area contributed by atoms with Crippen LogP contribution in [0.1, 0.15) is 361 Å². The van der Waals surface area contributed by atoms with Crippen LogP contribution in [0.15, 0.2) is 36.5 Å². The molecule has 0 saturated heterocycles. The van der Waals surface area contributed by atoms with E-state index in [1.807, 2.05) is 0 Å². The Balaban J connectivity index is 4.08. The van der Waals surface area contributed by atoms with Crippen LogP contribution in [0.25, 0.3) is 0 Å². The van der Waals surface area contributed by atoms with E-state index in [2.05, 4.69) is 57.2 Å². The molecule has 0 radical (unpaired) electrons. The number of unbranched alkanes of at least 4 members (excludes halogenated alkanes) is 44. The summed E-state index contributed by atoms with van der Waals surface area (Å²) in [6, 6.07) is 0. The molecule has 0 rings (SSSR count). The third-order valence-electron chi connectivity index (χ3n) is 14.9. The molecule has 6 heteroatoms. The first-order chi connectivity index (χ1) is 36.5. The Bertz CT molecular complexity index is 1240. The van der Waals surface area contributed by atoms with Crippen molar-refractivity contribution in [2.24, 2.45) is 0 Å². The van der Waals surface area contributed by atoms with E-state index in [0.29, 0.717) is 19.3 Å². The molecule has 1 unspecified atom stereocenters. The molecule has 0 aliphatic rings. The first kappa shape index (κ1) is 71.6. The van der Waals surface area contributed by atoms with Gasteiger partial charge < -0.3 is 14.2 Å². The lowest BCUT2D eigenvalue weighted by Crippen LogP contribution is -2.30. The van der Waals surface area contributed by atoms with Crippen LogP contribution in [-0.2, 0) is 28.6 Å². The number of carbonyl (C=O) groups is 3. The lowest BCUT2D eigenvalue weighted by atomic mass is 10.0. The van der Waals surface area contributed by atoms with Crippen LogP contribution in [0.3, 0.4) is 0 Å². The van der Waals surface area contributed by atoms with Crippen LogP contribution in [0.5, 0.6) is 0 Å².